The second-order valence-electron chi connectivity index (χ2n) is 11.6. The molecule has 15 heteroatoms. The van der Waals surface area contributed by atoms with Gasteiger partial charge in [0.15, 0.2) is 0 Å². The molecule has 1 saturated heterocycles. The van der Waals surface area contributed by atoms with Crippen molar-refractivity contribution >= 4 is 23.7 Å². The van der Waals surface area contributed by atoms with Gasteiger partial charge in [-0.2, -0.15) is 26.3 Å². The molecule has 0 radical (unpaired) electrons. The van der Waals surface area contributed by atoms with Gasteiger partial charge in [-0.15, -0.1) is 0 Å². The molecule has 1 aliphatic heterocycles. The number of amides is 4. The zero-order valence-corrected chi connectivity index (χ0v) is 24.7. The van der Waals surface area contributed by atoms with Crippen molar-refractivity contribution in [1.29, 1.82) is 0 Å². The van der Waals surface area contributed by atoms with Crippen molar-refractivity contribution in [2.24, 2.45) is 5.92 Å². The van der Waals surface area contributed by atoms with Crippen LogP contribution >= 0.6 is 0 Å². The first-order valence-electron chi connectivity index (χ1n) is 14.2. The van der Waals surface area contributed by atoms with Crippen LogP contribution in [0.1, 0.15) is 48.3 Å². The highest BCUT2D eigenvalue weighted by Gasteiger charge is 2.44. The summed E-state index contributed by atoms with van der Waals surface area (Å²) in [6, 6.07) is 4.43. The van der Waals surface area contributed by atoms with E-state index in [1.807, 2.05) is 0 Å². The van der Waals surface area contributed by atoms with Crippen molar-refractivity contribution < 1.29 is 50.2 Å². The van der Waals surface area contributed by atoms with Crippen LogP contribution in [0.4, 0.5) is 46.0 Å². The molecule has 0 unspecified atom stereocenters. The van der Waals surface area contributed by atoms with E-state index in [2.05, 4.69) is 0 Å². The number of rotatable bonds is 5. The van der Waals surface area contributed by atoms with Crippen LogP contribution in [0.5, 0.6) is 0 Å². The first-order chi connectivity index (χ1) is 20.9. The number of likely N-dealkylation sites (N-methyl/N-ethyl adjacent to an activating group) is 1. The molecule has 4 rings (SSSR count). The fraction of sp³-hybridized carbons (Fsp3) is 0.500. The van der Waals surface area contributed by atoms with Crippen LogP contribution in [-0.2, 0) is 17.1 Å². The molecule has 0 bridgehead atoms. The van der Waals surface area contributed by atoms with E-state index >= 15 is 0 Å². The second-order valence-corrected chi connectivity index (χ2v) is 11.6. The first-order valence-corrected chi connectivity index (χ1v) is 14.2. The van der Waals surface area contributed by atoms with E-state index in [0.29, 0.717) is 48.3 Å². The van der Waals surface area contributed by atoms with Crippen LogP contribution in [0.15, 0.2) is 42.5 Å². The SMILES string of the molecule is CN(C(=O)N(C)[C@@H]1CN(C(=O)[C@H]2CC[C@@H](N(C)C(=O)O)CC2)C[C@H]1c1ccc(F)cc1)c1cc(C(F)(F)F)cc(C(F)(F)F)c1. The third-order valence-corrected chi connectivity index (χ3v) is 8.84. The van der Waals surface area contributed by atoms with E-state index < -0.39 is 65.0 Å². The summed E-state index contributed by atoms with van der Waals surface area (Å²) in [4.78, 5) is 43.2. The summed E-state index contributed by atoms with van der Waals surface area (Å²) in [5, 5.41) is 9.26. The molecule has 0 spiro atoms. The normalized spacial score (nSPS) is 22.2. The summed E-state index contributed by atoms with van der Waals surface area (Å²) in [6.45, 7) is 0.148. The maximum absolute atomic E-state index is 13.7. The van der Waals surface area contributed by atoms with Gasteiger partial charge in [-0.25, -0.2) is 14.0 Å². The Hall–Kier alpha value is -4.04. The molecule has 1 saturated carbocycles. The highest BCUT2D eigenvalue weighted by Crippen LogP contribution is 2.39. The number of carbonyl (C=O) groups excluding carboxylic acids is 2. The summed E-state index contributed by atoms with van der Waals surface area (Å²) in [5.41, 5.74) is -3.17. The molecule has 246 valence electrons. The van der Waals surface area contributed by atoms with Gasteiger partial charge < -0.3 is 19.8 Å². The molecule has 4 amide bonds. The summed E-state index contributed by atoms with van der Waals surface area (Å²) in [7, 11) is 3.88. The molecule has 45 heavy (non-hydrogen) atoms. The van der Waals surface area contributed by atoms with Crippen molar-refractivity contribution in [2.75, 3.05) is 39.1 Å². The number of anilines is 1. The first kappa shape index (κ1) is 33.8. The quantitative estimate of drug-likeness (QED) is 0.376. The number of halogens is 7. The zero-order valence-electron chi connectivity index (χ0n) is 24.7. The maximum Gasteiger partial charge on any atom is 0.416 e. The molecule has 0 aromatic heterocycles. The molecule has 2 aromatic rings. The van der Waals surface area contributed by atoms with Gasteiger partial charge in [0, 0.05) is 57.8 Å². The molecule has 1 aliphatic carbocycles. The molecule has 1 N–H and O–H groups in total. The number of urea groups is 1. The summed E-state index contributed by atoms with van der Waals surface area (Å²) < 4.78 is 94.5. The number of alkyl halides is 6. The van der Waals surface area contributed by atoms with Crippen LogP contribution in [0, 0.1) is 11.7 Å². The molecule has 8 nitrogen and oxygen atoms in total. The van der Waals surface area contributed by atoms with Crippen LogP contribution in [0.25, 0.3) is 0 Å². The number of likely N-dealkylation sites (tertiary alicyclic amines) is 1. The average Bonchev–Trinajstić information content (AvgIpc) is 3.44. The summed E-state index contributed by atoms with van der Waals surface area (Å²) >= 11 is 0. The molecule has 2 atom stereocenters. The number of hydrogen-bond donors (Lipinski definition) is 1. The third-order valence-electron chi connectivity index (χ3n) is 8.84. The third kappa shape index (κ3) is 7.44. The number of carboxylic acid groups (broad SMARTS) is 1. The lowest BCUT2D eigenvalue weighted by Crippen LogP contribution is -2.48. The largest absolute Gasteiger partial charge is 0.465 e. The number of carbonyl (C=O) groups is 3. The lowest BCUT2D eigenvalue weighted by atomic mass is 9.84. The Morgan fingerprint density at radius 1 is 0.800 bits per heavy atom. The molecule has 2 fully saturated rings. The number of hydrogen-bond acceptors (Lipinski definition) is 3. The van der Waals surface area contributed by atoms with Gasteiger partial charge in [0.1, 0.15) is 5.82 Å². The van der Waals surface area contributed by atoms with Crippen LogP contribution in [0.3, 0.4) is 0 Å². The fourth-order valence-electron chi connectivity index (χ4n) is 6.14. The maximum atomic E-state index is 13.7. The van der Waals surface area contributed by atoms with Gasteiger partial charge in [-0.3, -0.25) is 9.69 Å². The highest BCUT2D eigenvalue weighted by atomic mass is 19.4. The van der Waals surface area contributed by atoms with Crippen molar-refractivity contribution in [2.45, 2.75) is 56.0 Å². The Morgan fingerprint density at radius 3 is 1.82 bits per heavy atom. The zero-order chi connectivity index (χ0) is 33.4. The van der Waals surface area contributed by atoms with E-state index in [4.69, 9.17) is 0 Å². The van der Waals surface area contributed by atoms with E-state index in [-0.39, 0.29) is 31.1 Å². The topological polar surface area (TPSA) is 84.4 Å². The average molecular weight is 647 g/mol. The minimum absolute atomic E-state index is 0.0162. The Labute approximate surface area is 255 Å². The van der Waals surface area contributed by atoms with Gasteiger partial charge in [0.05, 0.1) is 17.2 Å². The Bertz CT molecular complexity index is 1380. The van der Waals surface area contributed by atoms with Crippen LogP contribution in [0.2, 0.25) is 0 Å². The lowest BCUT2D eigenvalue weighted by Gasteiger charge is -2.34. The van der Waals surface area contributed by atoms with Crippen molar-refractivity contribution in [3.8, 4) is 0 Å². The second kappa shape index (κ2) is 12.8. The smallest absolute Gasteiger partial charge is 0.416 e. The van der Waals surface area contributed by atoms with Gasteiger partial charge in [0.2, 0.25) is 5.91 Å². The lowest BCUT2D eigenvalue weighted by molar-refractivity contribution is -0.143. The minimum Gasteiger partial charge on any atom is -0.465 e. The van der Waals surface area contributed by atoms with E-state index in [9.17, 15) is 50.2 Å². The van der Waals surface area contributed by atoms with Gasteiger partial charge in [-0.05, 0) is 61.6 Å². The van der Waals surface area contributed by atoms with Gasteiger partial charge in [-0.1, -0.05) is 12.1 Å². The van der Waals surface area contributed by atoms with Crippen LogP contribution < -0.4 is 4.90 Å². The predicted octanol–water partition coefficient (Wildman–Crippen LogP) is 6.51. The monoisotopic (exact) mass is 646 g/mol. The molecule has 1 heterocycles. The number of benzene rings is 2. The van der Waals surface area contributed by atoms with Gasteiger partial charge >= 0.3 is 24.5 Å². The standard InChI is InChI=1S/C30H33F7N4O4/c1-38(23-13-19(29(32,33)34)12-20(14-23)30(35,36)37)27(43)40(3)25-16-41(15-24(25)17-4-8-21(31)9-5-17)26(42)18-6-10-22(11-7-18)39(2)28(44)45/h4-5,8-9,12-14,18,22,24-25H,6-7,10-11,15-16H2,1-3H3,(H,44,45)/t18-,22+,24-,25+/m0/s1. The van der Waals surface area contributed by atoms with Crippen molar-refractivity contribution in [1.82, 2.24) is 14.7 Å². The predicted molar refractivity (Wildman–Crippen MR) is 149 cm³/mol. The Kier molecular flexibility index (Phi) is 9.59. The number of nitrogens with zero attached hydrogens (tertiary/aromatic N) is 4. The molecular weight excluding hydrogens is 613 g/mol. The molecular formula is C30H33F7N4O4. The highest BCUT2D eigenvalue weighted by molar-refractivity contribution is 5.92. The fourth-order valence-corrected chi connectivity index (χ4v) is 6.14. The van der Waals surface area contributed by atoms with E-state index in [1.165, 1.54) is 48.2 Å². The van der Waals surface area contributed by atoms with Crippen molar-refractivity contribution in [3.05, 3.63) is 65.0 Å². The minimum atomic E-state index is -5.10. The molecule has 2 aromatic carbocycles. The summed E-state index contributed by atoms with van der Waals surface area (Å²) in [5.74, 6) is -1.66. The summed E-state index contributed by atoms with van der Waals surface area (Å²) in [6.07, 6.45) is -9.42. The van der Waals surface area contributed by atoms with Gasteiger partial charge in [0.25, 0.3) is 0 Å². The molecule has 2 aliphatic rings. The van der Waals surface area contributed by atoms with Crippen molar-refractivity contribution in [3.63, 3.8) is 0 Å². The van der Waals surface area contributed by atoms with Crippen LogP contribution in [-0.4, -0.2) is 84.2 Å². The van der Waals surface area contributed by atoms with E-state index in [0.717, 1.165) is 7.05 Å². The van der Waals surface area contributed by atoms with E-state index in [1.54, 1.807) is 4.90 Å². The Balaban J connectivity index is 1.58. The Morgan fingerprint density at radius 2 is 1.33 bits per heavy atom.